The second kappa shape index (κ2) is 7.92. The van der Waals surface area contributed by atoms with Crippen molar-refractivity contribution in [3.05, 3.63) is 63.7 Å². The first-order valence-corrected chi connectivity index (χ1v) is 11.5. The van der Waals surface area contributed by atoms with E-state index in [1.807, 2.05) is 26.0 Å². The summed E-state index contributed by atoms with van der Waals surface area (Å²) in [5.74, 6) is -4.12. The predicted octanol–water partition coefficient (Wildman–Crippen LogP) is 2.74. The molecule has 0 bridgehead atoms. The maximum Gasteiger partial charge on any atom is 0.303 e. The zero-order chi connectivity index (χ0) is 24.4. The number of carboxylic acids is 1. The lowest BCUT2D eigenvalue weighted by Crippen LogP contribution is -2.53. The van der Waals surface area contributed by atoms with E-state index >= 15 is 0 Å². The third kappa shape index (κ3) is 3.09. The molecule has 2 fully saturated rings. The molecule has 3 heterocycles. The van der Waals surface area contributed by atoms with Crippen LogP contribution < -0.4 is 10.6 Å². The average molecular weight is 482 g/mol. The van der Waals surface area contributed by atoms with Gasteiger partial charge in [0.05, 0.1) is 18.4 Å². The van der Waals surface area contributed by atoms with Gasteiger partial charge in [-0.25, -0.2) is 0 Å². The van der Waals surface area contributed by atoms with Crippen molar-refractivity contribution in [1.29, 1.82) is 0 Å². The first kappa shape index (κ1) is 22.6. The number of aryl methyl sites for hydroxylation is 1. The van der Waals surface area contributed by atoms with Crippen molar-refractivity contribution < 1.29 is 24.3 Å². The quantitative estimate of drug-likeness (QED) is 0.565. The van der Waals surface area contributed by atoms with E-state index in [-0.39, 0.29) is 19.4 Å². The molecule has 3 aliphatic rings. The van der Waals surface area contributed by atoms with Gasteiger partial charge in [-0.1, -0.05) is 41.9 Å². The van der Waals surface area contributed by atoms with Crippen molar-refractivity contribution in [3.63, 3.8) is 0 Å². The number of rotatable bonds is 5. The van der Waals surface area contributed by atoms with Crippen LogP contribution in [0.25, 0.3) is 0 Å². The molecule has 2 aromatic carbocycles. The minimum Gasteiger partial charge on any atom is -0.481 e. The number of carboxylic acid groups (broad SMARTS) is 1. The van der Waals surface area contributed by atoms with Crippen molar-refractivity contribution in [2.75, 3.05) is 5.32 Å². The monoisotopic (exact) mass is 481 g/mol. The highest BCUT2D eigenvalue weighted by Crippen LogP contribution is 2.54. The summed E-state index contributed by atoms with van der Waals surface area (Å²) in [6.07, 6.45) is -0.0744. The number of likely N-dealkylation sites (tertiary alicyclic amines) is 1. The highest BCUT2D eigenvalue weighted by Gasteiger charge is 2.70. The van der Waals surface area contributed by atoms with E-state index in [0.717, 1.165) is 11.1 Å². The average Bonchev–Trinajstić information content (AvgIpc) is 3.37. The predicted molar refractivity (Wildman–Crippen MR) is 124 cm³/mol. The zero-order valence-corrected chi connectivity index (χ0v) is 19.5. The third-order valence-electron chi connectivity index (χ3n) is 7.47. The molecule has 9 heteroatoms. The molecule has 0 aliphatic carbocycles. The molecular formula is C25H24ClN3O5. The molecule has 176 valence electrons. The lowest BCUT2D eigenvalue weighted by atomic mass is 9.76. The van der Waals surface area contributed by atoms with Crippen LogP contribution in [0.5, 0.6) is 0 Å². The molecule has 8 nitrogen and oxygen atoms in total. The molecule has 1 spiro atoms. The van der Waals surface area contributed by atoms with Crippen LogP contribution >= 0.6 is 11.6 Å². The Balaban J connectivity index is 1.61. The maximum absolute atomic E-state index is 13.8. The smallest absolute Gasteiger partial charge is 0.303 e. The van der Waals surface area contributed by atoms with Crippen LogP contribution in [0.15, 0.2) is 36.4 Å². The lowest BCUT2D eigenvalue weighted by Gasteiger charge is -2.29. The minimum absolute atomic E-state index is 0.00648. The molecule has 3 N–H and O–H groups in total. The fraction of sp³-hybridized carbons (Fsp3) is 0.360. The molecule has 3 amide bonds. The number of nitrogens with one attached hydrogen (secondary N) is 2. The van der Waals surface area contributed by atoms with Gasteiger partial charge in [-0.05, 0) is 43.0 Å². The number of fused-ring (bicyclic) bond motifs is 4. The lowest BCUT2D eigenvalue weighted by molar-refractivity contribution is -0.144. The van der Waals surface area contributed by atoms with Crippen LogP contribution in [-0.2, 0) is 31.3 Å². The molecule has 4 atom stereocenters. The Kier molecular flexibility index (Phi) is 5.26. The highest BCUT2D eigenvalue weighted by atomic mass is 35.5. The zero-order valence-electron chi connectivity index (χ0n) is 18.7. The summed E-state index contributed by atoms with van der Waals surface area (Å²) in [7, 11) is 0. The number of nitrogens with zero attached hydrogens (tertiary/aromatic N) is 1. The van der Waals surface area contributed by atoms with E-state index in [4.69, 9.17) is 11.6 Å². The SMILES string of the molecule is Cc1ccc2c(c1C)NC(=O)C21NC(CCC(=O)O)C2C(=O)N(Cc3ccccc3Cl)C(=O)C21. The topological polar surface area (TPSA) is 116 Å². The third-order valence-corrected chi connectivity index (χ3v) is 7.84. The number of aliphatic carboxylic acids is 1. The van der Waals surface area contributed by atoms with Gasteiger partial charge < -0.3 is 10.4 Å². The molecule has 34 heavy (non-hydrogen) atoms. The van der Waals surface area contributed by atoms with Gasteiger partial charge in [-0.3, -0.25) is 29.4 Å². The minimum atomic E-state index is -1.44. The molecule has 2 aromatic rings. The number of halogens is 1. The summed E-state index contributed by atoms with van der Waals surface area (Å²) < 4.78 is 0. The number of amides is 3. The van der Waals surface area contributed by atoms with E-state index < -0.39 is 47.1 Å². The molecule has 0 saturated carbocycles. The Bertz CT molecular complexity index is 1260. The number of benzene rings is 2. The maximum atomic E-state index is 13.8. The summed E-state index contributed by atoms with van der Waals surface area (Å²) in [4.78, 5) is 53.4. The number of carbonyl (C=O) groups excluding carboxylic acids is 3. The van der Waals surface area contributed by atoms with E-state index in [0.29, 0.717) is 21.8 Å². The van der Waals surface area contributed by atoms with Gasteiger partial charge in [-0.2, -0.15) is 0 Å². The van der Waals surface area contributed by atoms with Gasteiger partial charge in [0, 0.05) is 28.7 Å². The van der Waals surface area contributed by atoms with E-state index in [2.05, 4.69) is 10.6 Å². The van der Waals surface area contributed by atoms with Gasteiger partial charge in [0.1, 0.15) is 5.54 Å². The van der Waals surface area contributed by atoms with E-state index in [1.54, 1.807) is 24.3 Å². The molecule has 2 saturated heterocycles. The Morgan fingerprint density at radius 3 is 2.56 bits per heavy atom. The van der Waals surface area contributed by atoms with Crippen molar-refractivity contribution in [3.8, 4) is 0 Å². The highest BCUT2D eigenvalue weighted by molar-refractivity contribution is 6.31. The Labute approximate surface area is 201 Å². The standard InChI is InChI=1S/C25H24ClN3O5/c1-12-7-8-15-21(13(12)2)27-24(34)25(15)20-19(17(28-25)9-10-18(30)31)22(32)29(23(20)33)11-14-5-3-4-6-16(14)26/h3-8,17,19-20,28H,9-11H2,1-2H3,(H,27,34)(H,30,31). The van der Waals surface area contributed by atoms with Gasteiger partial charge in [0.25, 0.3) is 0 Å². The largest absolute Gasteiger partial charge is 0.481 e. The summed E-state index contributed by atoms with van der Waals surface area (Å²) in [6.45, 7) is 3.82. The fourth-order valence-electron chi connectivity index (χ4n) is 5.66. The van der Waals surface area contributed by atoms with Crippen molar-refractivity contribution in [2.45, 2.75) is 44.8 Å². The van der Waals surface area contributed by atoms with Crippen molar-refractivity contribution in [1.82, 2.24) is 10.2 Å². The molecule has 3 aliphatic heterocycles. The number of hydrogen-bond donors (Lipinski definition) is 3. The van der Waals surface area contributed by atoms with Crippen LogP contribution in [0, 0.1) is 25.7 Å². The second-order valence-electron chi connectivity index (χ2n) is 9.23. The molecular weight excluding hydrogens is 458 g/mol. The normalized spacial score (nSPS) is 27.3. The molecule has 5 rings (SSSR count). The van der Waals surface area contributed by atoms with Crippen LogP contribution in [0.2, 0.25) is 5.02 Å². The second-order valence-corrected chi connectivity index (χ2v) is 9.64. The van der Waals surface area contributed by atoms with E-state index in [9.17, 15) is 24.3 Å². The Morgan fingerprint density at radius 2 is 1.85 bits per heavy atom. The Hall–Kier alpha value is -3.23. The summed E-state index contributed by atoms with van der Waals surface area (Å²) in [6, 6.07) is 10.0. The van der Waals surface area contributed by atoms with Crippen LogP contribution in [0.1, 0.15) is 35.1 Å². The Morgan fingerprint density at radius 1 is 1.12 bits per heavy atom. The summed E-state index contributed by atoms with van der Waals surface area (Å²) in [5, 5.41) is 15.9. The van der Waals surface area contributed by atoms with E-state index in [1.165, 1.54) is 4.90 Å². The number of imide groups is 1. The van der Waals surface area contributed by atoms with Gasteiger partial charge in [0.15, 0.2) is 0 Å². The van der Waals surface area contributed by atoms with Crippen molar-refractivity contribution >= 4 is 41.0 Å². The molecule has 0 radical (unpaired) electrons. The number of anilines is 1. The summed E-state index contributed by atoms with van der Waals surface area (Å²) in [5.41, 5.74) is 2.32. The first-order chi connectivity index (χ1) is 16.2. The molecule has 4 unspecified atom stereocenters. The van der Waals surface area contributed by atoms with Gasteiger partial charge in [-0.15, -0.1) is 0 Å². The van der Waals surface area contributed by atoms with Crippen molar-refractivity contribution in [2.24, 2.45) is 11.8 Å². The number of hydrogen-bond acceptors (Lipinski definition) is 5. The summed E-state index contributed by atoms with van der Waals surface area (Å²) >= 11 is 6.28. The van der Waals surface area contributed by atoms with Gasteiger partial charge in [0.2, 0.25) is 17.7 Å². The van der Waals surface area contributed by atoms with Crippen LogP contribution in [-0.4, -0.2) is 39.7 Å². The van der Waals surface area contributed by atoms with Crippen LogP contribution in [0.4, 0.5) is 5.69 Å². The van der Waals surface area contributed by atoms with Crippen LogP contribution in [0.3, 0.4) is 0 Å². The molecule has 0 aromatic heterocycles. The number of carbonyl (C=O) groups is 4. The fourth-order valence-corrected chi connectivity index (χ4v) is 5.85. The first-order valence-electron chi connectivity index (χ1n) is 11.2. The van der Waals surface area contributed by atoms with Gasteiger partial charge >= 0.3 is 5.97 Å².